The number of furan rings is 2. The lowest BCUT2D eigenvalue weighted by Gasteiger charge is -2.07. The molecular weight excluding hydrogens is 791 g/mol. The van der Waals surface area contributed by atoms with Crippen LogP contribution in [0.1, 0.15) is 49.3 Å². The van der Waals surface area contributed by atoms with Gasteiger partial charge in [-0.1, -0.05) is 18.2 Å². The van der Waals surface area contributed by atoms with E-state index in [0.29, 0.717) is 51.2 Å². The fraction of sp³-hybridized carbons (Fsp3) is 0.156. The number of hydrogen-bond acceptors (Lipinski definition) is 12. The summed E-state index contributed by atoms with van der Waals surface area (Å²) in [6.07, 6.45) is 3.32. The lowest BCUT2D eigenvalue weighted by Crippen LogP contribution is -2.30. The Hall–Kier alpha value is -7.39. The number of amides is 1. The van der Waals surface area contributed by atoms with Gasteiger partial charge in [-0.15, -0.1) is 0 Å². The molecule has 60 heavy (non-hydrogen) atoms. The smallest absolute Gasteiger partial charge is 0.371 e. The molecule has 0 aliphatic heterocycles. The van der Waals surface area contributed by atoms with Crippen LogP contribution >= 0.6 is 0 Å². The second kappa shape index (κ2) is 18.9. The van der Waals surface area contributed by atoms with Crippen LogP contribution < -0.4 is 23.7 Å². The van der Waals surface area contributed by atoms with Crippen molar-refractivity contribution in [3.63, 3.8) is 0 Å². The fourth-order valence-corrected chi connectivity index (χ4v) is 6.94. The van der Waals surface area contributed by atoms with E-state index in [-0.39, 0.29) is 29.6 Å². The molecule has 0 bridgehead atoms. The number of nitrogens with one attached hydrogen (secondary N) is 1. The van der Waals surface area contributed by atoms with Crippen LogP contribution in [-0.2, 0) is 23.2 Å². The number of pyridine rings is 2. The van der Waals surface area contributed by atoms with Gasteiger partial charge in [0.25, 0.3) is 10.0 Å². The summed E-state index contributed by atoms with van der Waals surface area (Å²) >= 11 is 0. The van der Waals surface area contributed by atoms with Gasteiger partial charge in [0.15, 0.2) is 5.76 Å². The molecule has 0 aliphatic rings. The van der Waals surface area contributed by atoms with Gasteiger partial charge in [0, 0.05) is 22.3 Å². The first-order chi connectivity index (χ1) is 28.8. The zero-order valence-corrected chi connectivity index (χ0v) is 34.1. The molecule has 3 aromatic carbocycles. The number of carbonyl (C=O) groups excluding carboxylic acids is 1. The predicted octanol–water partition coefficient (Wildman–Crippen LogP) is 8.60. The summed E-state index contributed by atoms with van der Waals surface area (Å²) in [5.41, 5.74) is 5.40. The molecule has 4 heterocycles. The maximum Gasteiger partial charge on any atom is 0.371 e. The summed E-state index contributed by atoms with van der Waals surface area (Å²) < 4.78 is 59.7. The van der Waals surface area contributed by atoms with Gasteiger partial charge in [-0.25, -0.2) is 17.9 Å². The molecule has 0 saturated carbocycles. The van der Waals surface area contributed by atoms with Gasteiger partial charge in [0.05, 0.1) is 42.9 Å². The van der Waals surface area contributed by atoms with Crippen molar-refractivity contribution in [3.05, 3.63) is 161 Å². The van der Waals surface area contributed by atoms with Crippen molar-refractivity contribution in [2.24, 2.45) is 0 Å². The maximum absolute atomic E-state index is 12.6. The van der Waals surface area contributed by atoms with Crippen LogP contribution in [0.2, 0.25) is 0 Å². The molecule has 4 aromatic heterocycles. The summed E-state index contributed by atoms with van der Waals surface area (Å²) in [6, 6.07) is 31.8. The minimum Gasteiger partial charge on any atom is -0.495 e. The first-order valence-corrected chi connectivity index (χ1v) is 19.8. The molecule has 7 rings (SSSR count). The highest BCUT2D eigenvalue weighted by molar-refractivity contribution is 7.90. The largest absolute Gasteiger partial charge is 0.495 e. The van der Waals surface area contributed by atoms with Gasteiger partial charge in [-0.3, -0.25) is 14.8 Å². The third-order valence-electron chi connectivity index (χ3n) is 9.12. The number of rotatable bonds is 14. The van der Waals surface area contributed by atoms with Gasteiger partial charge in [0.1, 0.15) is 47.7 Å². The molecule has 2 N–H and O–H groups in total. The second-order valence-electron chi connectivity index (χ2n) is 13.2. The van der Waals surface area contributed by atoms with Crippen molar-refractivity contribution in [1.29, 1.82) is 0 Å². The Morgan fingerprint density at radius 1 is 0.633 bits per heavy atom. The number of methoxy groups -OCH3 is 2. The zero-order chi connectivity index (χ0) is 42.8. The van der Waals surface area contributed by atoms with E-state index in [2.05, 4.69) is 14.7 Å². The molecule has 0 atom stereocenters. The Bertz CT molecular complexity index is 2670. The maximum atomic E-state index is 12.6. The monoisotopic (exact) mass is 831 g/mol. The average molecular weight is 832 g/mol. The summed E-state index contributed by atoms with van der Waals surface area (Å²) in [7, 11) is -0.839. The number of nitrogens with zero attached hydrogens (tertiary/aromatic N) is 2. The summed E-state index contributed by atoms with van der Waals surface area (Å²) in [5, 5.41) is 8.93. The molecular formula is C45H41N3O11S. The number of aryl methyl sites for hydroxylation is 3. The molecule has 0 fully saturated rings. The second-order valence-corrected chi connectivity index (χ2v) is 14.8. The first-order valence-electron chi connectivity index (χ1n) is 18.3. The van der Waals surface area contributed by atoms with Crippen molar-refractivity contribution in [2.75, 3.05) is 14.2 Å². The highest BCUT2D eigenvalue weighted by Crippen LogP contribution is 2.26. The normalized spacial score (nSPS) is 10.9. The Morgan fingerprint density at radius 2 is 1.08 bits per heavy atom. The molecule has 1 amide bonds. The van der Waals surface area contributed by atoms with Crippen molar-refractivity contribution in [3.8, 4) is 45.5 Å². The van der Waals surface area contributed by atoms with Crippen molar-refractivity contribution in [1.82, 2.24) is 14.7 Å². The fourth-order valence-electron chi connectivity index (χ4n) is 5.74. The number of carbonyl (C=O) groups is 2. The van der Waals surface area contributed by atoms with Gasteiger partial charge in [0.2, 0.25) is 5.76 Å². The van der Waals surface area contributed by atoms with Crippen molar-refractivity contribution in [2.45, 2.75) is 38.9 Å². The van der Waals surface area contributed by atoms with Crippen LogP contribution in [0.4, 0.5) is 0 Å². The molecule has 308 valence electrons. The third-order valence-corrected chi connectivity index (χ3v) is 10.6. The van der Waals surface area contributed by atoms with E-state index >= 15 is 0 Å². The highest BCUT2D eigenvalue weighted by atomic mass is 32.2. The third kappa shape index (κ3) is 10.6. The Balaban J connectivity index is 0.000000213. The predicted molar refractivity (Wildman–Crippen MR) is 221 cm³/mol. The minimum absolute atomic E-state index is 0.0356. The Kier molecular flexibility index (Phi) is 13.3. The molecule has 0 radical (unpaired) electrons. The minimum atomic E-state index is -4.03. The number of hydrogen-bond donors (Lipinski definition) is 2. The van der Waals surface area contributed by atoms with E-state index in [0.717, 1.165) is 22.5 Å². The van der Waals surface area contributed by atoms with Crippen LogP contribution in [0.15, 0.2) is 135 Å². The SMILES string of the molecule is COc1ccc(-c2ccc(OCc3cc(C(=O)NS(=O)(=O)c4ccccc4C)oc3C)cc2)nc1.COc1ccc(-c2ccc(OCc3cc(C(=O)O)oc3C)cc2)nc1. The molecule has 7 aromatic rings. The number of ether oxygens (including phenoxy) is 4. The van der Waals surface area contributed by atoms with Gasteiger partial charge < -0.3 is 32.9 Å². The summed E-state index contributed by atoms with van der Waals surface area (Å²) in [6.45, 7) is 5.44. The lowest BCUT2D eigenvalue weighted by atomic mass is 10.1. The van der Waals surface area contributed by atoms with E-state index in [1.165, 1.54) is 18.2 Å². The molecule has 0 saturated heterocycles. The van der Waals surface area contributed by atoms with E-state index < -0.39 is 21.9 Å². The number of benzene rings is 3. The van der Waals surface area contributed by atoms with Gasteiger partial charge in [-0.2, -0.15) is 0 Å². The number of sulfonamides is 1. The Morgan fingerprint density at radius 3 is 1.50 bits per heavy atom. The standard InChI is InChI=1S/C26H24N2O6S.C19H17NO5/c1-17-6-4-5-7-25(17)35(30,31)28-26(29)24-14-20(18(2)34-24)16-33-21-10-8-19(9-11-21)23-13-12-22(32-3)15-27-23;1-12-14(9-18(25-12)19(21)22)11-24-15-5-3-13(4-6-15)17-8-7-16(23-2)10-20-17/h4-15H,16H2,1-3H3,(H,28,29);3-10H,11H2,1-2H3,(H,21,22). The van der Waals surface area contributed by atoms with Crippen LogP contribution in [0.5, 0.6) is 23.0 Å². The molecule has 0 spiro atoms. The Labute approximate surface area is 346 Å². The number of carboxylic acids is 1. The average Bonchev–Trinajstić information content (AvgIpc) is 3.84. The van der Waals surface area contributed by atoms with E-state index in [1.54, 1.807) is 65.6 Å². The van der Waals surface area contributed by atoms with Crippen LogP contribution in [0.3, 0.4) is 0 Å². The van der Waals surface area contributed by atoms with Crippen LogP contribution in [-0.4, -0.2) is 49.6 Å². The van der Waals surface area contributed by atoms with E-state index in [9.17, 15) is 18.0 Å². The number of aromatic carboxylic acids is 1. The van der Waals surface area contributed by atoms with Crippen LogP contribution in [0, 0.1) is 20.8 Å². The van der Waals surface area contributed by atoms with E-state index in [4.69, 9.17) is 32.9 Å². The van der Waals surface area contributed by atoms with Crippen LogP contribution in [0.25, 0.3) is 22.5 Å². The zero-order valence-electron chi connectivity index (χ0n) is 33.3. The van der Waals surface area contributed by atoms with E-state index in [1.807, 2.05) is 72.8 Å². The highest BCUT2D eigenvalue weighted by Gasteiger charge is 2.23. The number of aromatic nitrogens is 2. The molecule has 14 nitrogen and oxygen atoms in total. The quantitative estimate of drug-likeness (QED) is 0.106. The molecule has 0 unspecified atom stereocenters. The topological polar surface area (TPSA) is 190 Å². The summed E-state index contributed by atoms with van der Waals surface area (Å²) in [4.78, 5) is 32.2. The first kappa shape index (κ1) is 42.2. The molecule has 15 heteroatoms. The van der Waals surface area contributed by atoms with Gasteiger partial charge in [-0.05, 0) is 117 Å². The van der Waals surface area contributed by atoms with Crippen molar-refractivity contribution >= 4 is 21.9 Å². The summed E-state index contributed by atoms with van der Waals surface area (Å²) in [5.74, 6) is 1.55. The lowest BCUT2D eigenvalue weighted by molar-refractivity contribution is 0.0660. The molecule has 0 aliphatic carbocycles. The number of carboxylic acid groups (broad SMARTS) is 1. The van der Waals surface area contributed by atoms with Gasteiger partial charge >= 0.3 is 11.9 Å². The van der Waals surface area contributed by atoms with Crippen molar-refractivity contribution < 1.29 is 50.9 Å².